The SMILES string of the molecule is CC(=O)CC(=O)NC1C(=O)N2C(C(=O)O)=C(CSc3nnnn3C)CS[C@@H]12. The van der Waals surface area contributed by atoms with Gasteiger partial charge in [-0.3, -0.25) is 19.3 Å². The number of hydrogen-bond donors (Lipinski definition) is 2. The number of tetrazole rings is 1. The molecule has 3 heterocycles. The molecule has 0 spiro atoms. The van der Waals surface area contributed by atoms with E-state index in [1.807, 2.05) is 0 Å². The Morgan fingerprint density at radius 3 is 2.74 bits per heavy atom. The average Bonchev–Trinajstić information content (AvgIpc) is 3.01. The van der Waals surface area contributed by atoms with E-state index in [4.69, 9.17) is 0 Å². The van der Waals surface area contributed by atoms with Gasteiger partial charge in [0.15, 0.2) is 0 Å². The van der Waals surface area contributed by atoms with E-state index in [0.717, 1.165) is 0 Å². The smallest absolute Gasteiger partial charge is 0.352 e. The van der Waals surface area contributed by atoms with Gasteiger partial charge in [-0.25, -0.2) is 9.48 Å². The normalized spacial score (nSPS) is 21.6. The summed E-state index contributed by atoms with van der Waals surface area (Å²) in [5, 5.41) is 23.2. The van der Waals surface area contributed by atoms with Gasteiger partial charge >= 0.3 is 5.97 Å². The molecule has 144 valence electrons. The monoisotopic (exact) mass is 412 g/mol. The summed E-state index contributed by atoms with van der Waals surface area (Å²) in [4.78, 5) is 48.2. The predicted molar refractivity (Wildman–Crippen MR) is 94.5 cm³/mol. The number of carboxylic acids is 1. The number of amides is 2. The molecule has 0 bridgehead atoms. The number of carbonyl (C=O) groups excluding carboxylic acids is 3. The molecular weight excluding hydrogens is 396 g/mol. The molecule has 11 nitrogen and oxygen atoms in total. The van der Waals surface area contributed by atoms with Crippen LogP contribution in [0.1, 0.15) is 13.3 Å². The van der Waals surface area contributed by atoms with E-state index in [1.165, 1.54) is 40.0 Å². The van der Waals surface area contributed by atoms with Crippen LogP contribution in [0.25, 0.3) is 0 Å². The molecule has 0 saturated carbocycles. The Bertz CT molecular complexity index is 853. The minimum Gasteiger partial charge on any atom is -0.477 e. The van der Waals surface area contributed by atoms with Crippen LogP contribution in [0.5, 0.6) is 0 Å². The van der Waals surface area contributed by atoms with Gasteiger partial charge in [0.2, 0.25) is 11.1 Å². The first-order valence-corrected chi connectivity index (χ1v) is 9.87. The number of thioether (sulfide) groups is 2. The minimum atomic E-state index is -1.20. The van der Waals surface area contributed by atoms with Crippen LogP contribution in [0.4, 0.5) is 0 Å². The van der Waals surface area contributed by atoms with Crippen molar-refractivity contribution >= 4 is 47.1 Å². The standard InChI is InChI=1S/C14H16N6O5S2/c1-6(21)3-8(22)15-9-11(23)20-10(13(24)25)7(4-26-12(9)20)5-27-14-16-17-18-19(14)2/h9,12H,3-5H2,1-2H3,(H,15,22)(H,24,25)/t9?,12-/m0/s1. The number of nitrogens with one attached hydrogen (secondary N) is 1. The molecule has 1 aromatic rings. The van der Waals surface area contributed by atoms with Crippen LogP contribution in [0, 0.1) is 0 Å². The lowest BCUT2D eigenvalue weighted by atomic mass is 10.0. The first-order chi connectivity index (χ1) is 12.8. The summed E-state index contributed by atoms with van der Waals surface area (Å²) in [6.45, 7) is 1.28. The van der Waals surface area contributed by atoms with Gasteiger partial charge in [0.05, 0.1) is 6.42 Å². The Balaban J connectivity index is 1.73. The molecule has 1 unspecified atom stereocenters. The van der Waals surface area contributed by atoms with E-state index in [9.17, 15) is 24.3 Å². The van der Waals surface area contributed by atoms with Crippen LogP contribution in [0.3, 0.4) is 0 Å². The Hall–Kier alpha value is -2.41. The number of aryl methyl sites for hydroxylation is 1. The lowest BCUT2D eigenvalue weighted by Gasteiger charge is -2.49. The maximum atomic E-state index is 12.4. The molecule has 3 rings (SSSR count). The average molecular weight is 412 g/mol. The lowest BCUT2D eigenvalue weighted by molar-refractivity contribution is -0.150. The Labute approximate surface area is 161 Å². The van der Waals surface area contributed by atoms with Gasteiger partial charge < -0.3 is 10.4 Å². The van der Waals surface area contributed by atoms with E-state index < -0.39 is 29.2 Å². The zero-order valence-electron chi connectivity index (χ0n) is 14.4. The number of carboxylic acid groups (broad SMARTS) is 1. The Morgan fingerprint density at radius 1 is 1.41 bits per heavy atom. The van der Waals surface area contributed by atoms with Crippen molar-refractivity contribution in [1.82, 2.24) is 30.4 Å². The molecule has 2 N–H and O–H groups in total. The number of nitrogens with zero attached hydrogens (tertiary/aromatic N) is 5. The number of aromatic nitrogens is 4. The fourth-order valence-corrected chi connectivity index (χ4v) is 5.08. The fraction of sp³-hybridized carbons (Fsp3) is 0.500. The van der Waals surface area contributed by atoms with Crippen LogP contribution in [-0.4, -0.2) is 76.7 Å². The van der Waals surface area contributed by atoms with Crippen molar-refractivity contribution in [3.8, 4) is 0 Å². The van der Waals surface area contributed by atoms with E-state index >= 15 is 0 Å². The molecule has 2 aliphatic rings. The highest BCUT2D eigenvalue weighted by Gasteiger charge is 2.54. The van der Waals surface area contributed by atoms with Gasteiger partial charge in [-0.05, 0) is 22.9 Å². The number of Topliss-reactive ketones (excluding diaryl/α,β-unsaturated/α-hetero) is 1. The summed E-state index contributed by atoms with van der Waals surface area (Å²) in [5.74, 6) is -1.83. The molecule has 1 saturated heterocycles. The highest BCUT2D eigenvalue weighted by atomic mass is 32.2. The quantitative estimate of drug-likeness (QED) is 0.325. The highest BCUT2D eigenvalue weighted by Crippen LogP contribution is 2.41. The van der Waals surface area contributed by atoms with Crippen molar-refractivity contribution in [2.45, 2.75) is 29.9 Å². The third-order valence-electron chi connectivity index (χ3n) is 3.93. The van der Waals surface area contributed by atoms with E-state index in [1.54, 1.807) is 7.05 Å². The van der Waals surface area contributed by atoms with Gasteiger partial charge in [-0.1, -0.05) is 11.8 Å². The number of fused-ring (bicyclic) bond motifs is 1. The number of aliphatic carboxylic acids is 1. The molecule has 1 fully saturated rings. The third-order valence-corrected chi connectivity index (χ3v) is 6.37. The topological polar surface area (TPSA) is 147 Å². The predicted octanol–water partition coefficient (Wildman–Crippen LogP) is -0.980. The number of carbonyl (C=O) groups is 4. The summed E-state index contributed by atoms with van der Waals surface area (Å²) < 4.78 is 1.47. The molecule has 1 aromatic heterocycles. The maximum Gasteiger partial charge on any atom is 0.352 e. The maximum absolute atomic E-state index is 12.4. The summed E-state index contributed by atoms with van der Waals surface area (Å²) in [6.07, 6.45) is -0.309. The summed E-state index contributed by atoms with van der Waals surface area (Å²) >= 11 is 2.64. The first-order valence-electron chi connectivity index (χ1n) is 7.83. The molecule has 0 radical (unpaired) electrons. The van der Waals surface area contributed by atoms with Crippen molar-refractivity contribution in [3.63, 3.8) is 0 Å². The second-order valence-electron chi connectivity index (χ2n) is 5.96. The highest BCUT2D eigenvalue weighted by molar-refractivity contribution is 8.01. The molecule has 2 atom stereocenters. The van der Waals surface area contributed by atoms with Crippen LogP contribution in [0.2, 0.25) is 0 Å². The van der Waals surface area contributed by atoms with Crippen molar-refractivity contribution < 1.29 is 24.3 Å². The van der Waals surface area contributed by atoms with E-state index in [2.05, 4.69) is 20.8 Å². The van der Waals surface area contributed by atoms with Crippen LogP contribution >= 0.6 is 23.5 Å². The van der Waals surface area contributed by atoms with Gasteiger partial charge in [-0.15, -0.1) is 16.9 Å². The Morgan fingerprint density at radius 2 is 2.15 bits per heavy atom. The van der Waals surface area contributed by atoms with Crippen LogP contribution in [-0.2, 0) is 26.2 Å². The number of β-lactam (4-membered cyclic amide) rings is 1. The summed E-state index contributed by atoms with van der Waals surface area (Å²) in [7, 11) is 1.67. The fourth-order valence-electron chi connectivity index (χ4n) is 2.74. The summed E-state index contributed by atoms with van der Waals surface area (Å²) in [5.41, 5.74) is 0.516. The van der Waals surface area contributed by atoms with Gasteiger partial charge in [0, 0.05) is 18.6 Å². The molecule has 13 heteroatoms. The minimum absolute atomic E-state index is 0.0663. The number of ketones is 1. The zero-order chi connectivity index (χ0) is 19.7. The molecule has 0 aromatic carbocycles. The van der Waals surface area contributed by atoms with Gasteiger partial charge in [0.1, 0.15) is 22.9 Å². The Kier molecular flexibility index (Phi) is 5.51. The van der Waals surface area contributed by atoms with Crippen molar-refractivity contribution in [3.05, 3.63) is 11.3 Å². The molecule has 0 aliphatic carbocycles. The van der Waals surface area contributed by atoms with E-state index in [-0.39, 0.29) is 17.9 Å². The molecule has 2 amide bonds. The molecule has 27 heavy (non-hydrogen) atoms. The second-order valence-corrected chi connectivity index (χ2v) is 8.01. The number of hydrogen-bond acceptors (Lipinski definition) is 9. The van der Waals surface area contributed by atoms with Crippen molar-refractivity contribution in [2.75, 3.05) is 11.5 Å². The van der Waals surface area contributed by atoms with Crippen LogP contribution in [0.15, 0.2) is 16.4 Å². The summed E-state index contributed by atoms with van der Waals surface area (Å²) in [6, 6.07) is -0.826. The van der Waals surface area contributed by atoms with Crippen molar-refractivity contribution in [1.29, 1.82) is 0 Å². The molecular formula is C14H16N6O5S2. The van der Waals surface area contributed by atoms with Gasteiger partial charge in [-0.2, -0.15) is 0 Å². The van der Waals surface area contributed by atoms with Crippen molar-refractivity contribution in [2.24, 2.45) is 7.05 Å². The zero-order valence-corrected chi connectivity index (χ0v) is 16.0. The number of rotatable bonds is 7. The van der Waals surface area contributed by atoms with Gasteiger partial charge in [0.25, 0.3) is 5.91 Å². The lowest BCUT2D eigenvalue weighted by Crippen LogP contribution is -2.70. The first kappa shape index (κ1) is 19.4. The van der Waals surface area contributed by atoms with E-state index in [0.29, 0.717) is 22.2 Å². The second kappa shape index (κ2) is 7.68. The van der Waals surface area contributed by atoms with Crippen LogP contribution < -0.4 is 5.32 Å². The largest absolute Gasteiger partial charge is 0.477 e. The third kappa shape index (κ3) is 3.83. The molecule has 2 aliphatic heterocycles.